The van der Waals surface area contributed by atoms with Crippen LogP contribution in [0.3, 0.4) is 0 Å². The number of piperidine rings is 1. The van der Waals surface area contributed by atoms with Crippen LogP contribution < -0.4 is 4.74 Å². The lowest BCUT2D eigenvalue weighted by atomic mass is 10.1. The number of ether oxygens (including phenoxy) is 1. The van der Waals surface area contributed by atoms with E-state index in [0.29, 0.717) is 41.6 Å². The van der Waals surface area contributed by atoms with Crippen LogP contribution >= 0.6 is 18.9 Å². The molecule has 0 aromatic heterocycles. The summed E-state index contributed by atoms with van der Waals surface area (Å²) in [5.74, 6) is -0.729. The highest BCUT2D eigenvalue weighted by Gasteiger charge is 2.32. The molecule has 3 aliphatic rings. The molecule has 34 heavy (non-hydrogen) atoms. The number of nitrogens with zero attached hydrogens (tertiary/aromatic N) is 4. The average molecular weight is 509 g/mol. The van der Waals surface area contributed by atoms with E-state index in [9.17, 15) is 18.5 Å². The molecule has 3 heterocycles. The lowest BCUT2D eigenvalue weighted by Gasteiger charge is -2.40. The highest BCUT2D eigenvalue weighted by Crippen LogP contribution is 2.40. The van der Waals surface area contributed by atoms with Gasteiger partial charge in [0.05, 0.1) is 18.3 Å². The van der Waals surface area contributed by atoms with E-state index >= 15 is 0 Å². The Bertz CT molecular complexity index is 1070. The van der Waals surface area contributed by atoms with Gasteiger partial charge < -0.3 is 14.2 Å². The number of amidine groups is 1. The number of thioether (sulfide) groups is 1. The number of rotatable bonds is 4. The first kappa shape index (κ1) is 24.9. The van der Waals surface area contributed by atoms with Gasteiger partial charge in [-0.15, -0.1) is 0 Å². The van der Waals surface area contributed by atoms with Crippen molar-refractivity contribution in [3.05, 3.63) is 34.5 Å². The quantitative estimate of drug-likeness (QED) is 0.432. The molecule has 0 saturated carbocycles. The summed E-state index contributed by atoms with van der Waals surface area (Å²) in [5.41, 5.74) is 0.305. The topological polar surface area (TPSA) is 82.5 Å². The minimum atomic E-state index is -2.31. The summed E-state index contributed by atoms with van der Waals surface area (Å²) < 4.78 is 32.0. The molecule has 8 nitrogen and oxygen atoms in total. The van der Waals surface area contributed by atoms with Gasteiger partial charge in [-0.3, -0.25) is 9.80 Å². The van der Waals surface area contributed by atoms with Crippen molar-refractivity contribution in [1.82, 2.24) is 14.9 Å². The Hall–Kier alpha value is -2.16. The Morgan fingerprint density at radius 3 is 2.59 bits per heavy atom. The number of halogens is 1. The standard InChI is InChI=1S/C23H30FN4O4PS/c1-33(2,31)16-27-12-6-7-13-28(27)22-25-21(29)20(34-22)15-17-14-18(24)8-9-19(17)32-23(30)26-10-4-3-5-11-26/h8-9,14-15H,3-7,10-13,16H2,1-2H3/b20-15-. The number of carbonyl (C=O) groups excluding carboxylic acids is 2. The normalized spacial score (nSPS) is 21.2. The molecule has 0 atom stereocenters. The Morgan fingerprint density at radius 2 is 1.85 bits per heavy atom. The van der Waals surface area contributed by atoms with E-state index in [1.165, 1.54) is 36.0 Å². The summed E-state index contributed by atoms with van der Waals surface area (Å²) in [6, 6.07) is 3.88. The molecule has 184 valence electrons. The maximum absolute atomic E-state index is 14.0. The van der Waals surface area contributed by atoms with E-state index in [2.05, 4.69) is 4.99 Å². The summed E-state index contributed by atoms with van der Waals surface area (Å²) in [6.45, 7) is 6.20. The summed E-state index contributed by atoms with van der Waals surface area (Å²) in [7, 11) is -2.31. The minimum absolute atomic E-state index is 0.198. The zero-order chi connectivity index (χ0) is 24.3. The fourth-order valence-corrected chi connectivity index (χ4v) is 6.22. The predicted molar refractivity (Wildman–Crippen MR) is 133 cm³/mol. The number of likely N-dealkylation sites (tertiary alicyclic amines) is 1. The van der Waals surface area contributed by atoms with Crippen molar-refractivity contribution in [3.8, 4) is 5.75 Å². The molecule has 0 bridgehead atoms. The zero-order valence-corrected chi connectivity index (χ0v) is 21.2. The first-order valence-electron chi connectivity index (χ1n) is 11.5. The molecule has 0 unspecified atom stereocenters. The van der Waals surface area contributed by atoms with Gasteiger partial charge in [-0.25, -0.2) is 14.2 Å². The van der Waals surface area contributed by atoms with Crippen LogP contribution in [0.25, 0.3) is 6.08 Å². The van der Waals surface area contributed by atoms with Crippen LogP contribution in [-0.4, -0.2) is 77.9 Å². The van der Waals surface area contributed by atoms with Crippen molar-refractivity contribution >= 4 is 42.1 Å². The predicted octanol–water partition coefficient (Wildman–Crippen LogP) is 4.67. The summed E-state index contributed by atoms with van der Waals surface area (Å²) in [5, 5.41) is 4.45. The Kier molecular flexibility index (Phi) is 7.80. The van der Waals surface area contributed by atoms with Crippen LogP contribution in [-0.2, 0) is 9.36 Å². The van der Waals surface area contributed by atoms with Gasteiger partial charge in [0, 0.05) is 31.7 Å². The monoisotopic (exact) mass is 508 g/mol. The Labute approximate surface area is 203 Å². The van der Waals surface area contributed by atoms with Gasteiger partial charge >= 0.3 is 6.09 Å². The third kappa shape index (κ3) is 6.29. The molecule has 2 fully saturated rings. The number of aliphatic imine (C=N–C) groups is 1. The SMILES string of the molecule is CP(C)(=O)CN1CCCCN1C1=NC(=O)/C(=C/c2cc(F)ccc2OC(=O)N2CCCCC2)S1. The first-order valence-corrected chi connectivity index (χ1v) is 15.2. The molecule has 0 spiro atoms. The van der Waals surface area contributed by atoms with Crippen molar-refractivity contribution in [2.45, 2.75) is 32.1 Å². The van der Waals surface area contributed by atoms with Crippen LogP contribution in [0.4, 0.5) is 9.18 Å². The largest absolute Gasteiger partial charge is 0.415 e. The fourth-order valence-electron chi connectivity index (χ4n) is 4.18. The number of benzene rings is 1. The van der Waals surface area contributed by atoms with Crippen molar-refractivity contribution in [3.63, 3.8) is 0 Å². The third-order valence-electron chi connectivity index (χ3n) is 5.78. The molecule has 1 aromatic carbocycles. The molecule has 4 rings (SSSR count). The number of carbonyl (C=O) groups is 2. The van der Waals surface area contributed by atoms with E-state index in [1.807, 2.05) is 10.0 Å². The molecule has 2 saturated heterocycles. The van der Waals surface area contributed by atoms with Gasteiger partial charge in [0.1, 0.15) is 11.6 Å². The molecular formula is C23H30FN4O4PS. The number of hydrogen-bond donors (Lipinski definition) is 0. The molecular weight excluding hydrogens is 478 g/mol. The van der Waals surface area contributed by atoms with Gasteiger partial charge in [-0.05, 0) is 81.5 Å². The molecule has 3 aliphatic heterocycles. The van der Waals surface area contributed by atoms with Gasteiger partial charge in [0.15, 0.2) is 5.17 Å². The van der Waals surface area contributed by atoms with E-state index in [0.717, 1.165) is 38.6 Å². The van der Waals surface area contributed by atoms with Crippen molar-refractivity contribution < 1.29 is 23.3 Å². The molecule has 11 heteroatoms. The summed E-state index contributed by atoms with van der Waals surface area (Å²) >= 11 is 1.19. The van der Waals surface area contributed by atoms with E-state index in [4.69, 9.17) is 4.74 Å². The number of hydrogen-bond acceptors (Lipinski definition) is 7. The van der Waals surface area contributed by atoms with Gasteiger partial charge in [0.25, 0.3) is 5.91 Å². The molecule has 2 amide bonds. The second kappa shape index (κ2) is 10.6. The number of hydrazine groups is 1. The van der Waals surface area contributed by atoms with Gasteiger partial charge in [-0.2, -0.15) is 4.99 Å². The fraction of sp³-hybridized carbons (Fsp3) is 0.522. The smallest absolute Gasteiger partial charge is 0.410 e. The molecule has 0 aliphatic carbocycles. The summed E-state index contributed by atoms with van der Waals surface area (Å²) in [6.07, 6.45) is 6.34. The Balaban J connectivity index is 1.52. The van der Waals surface area contributed by atoms with Crippen molar-refractivity contribution in [2.24, 2.45) is 4.99 Å². The average Bonchev–Trinajstić information content (AvgIpc) is 3.15. The van der Waals surface area contributed by atoms with Crippen LogP contribution in [0.1, 0.15) is 37.7 Å². The number of amides is 2. The second-order valence-electron chi connectivity index (χ2n) is 9.18. The molecule has 0 radical (unpaired) electrons. The van der Waals surface area contributed by atoms with E-state index in [-0.39, 0.29) is 5.75 Å². The van der Waals surface area contributed by atoms with Gasteiger partial charge in [-0.1, -0.05) is 0 Å². The highest BCUT2D eigenvalue weighted by atomic mass is 32.2. The first-order chi connectivity index (χ1) is 16.2. The molecule has 1 aromatic rings. The van der Waals surface area contributed by atoms with Crippen LogP contribution in [0.5, 0.6) is 5.75 Å². The highest BCUT2D eigenvalue weighted by molar-refractivity contribution is 8.18. The maximum Gasteiger partial charge on any atom is 0.415 e. The van der Waals surface area contributed by atoms with Crippen molar-refractivity contribution in [2.75, 3.05) is 45.8 Å². The minimum Gasteiger partial charge on any atom is -0.410 e. The van der Waals surface area contributed by atoms with Crippen LogP contribution in [0.2, 0.25) is 0 Å². The van der Waals surface area contributed by atoms with E-state index in [1.54, 1.807) is 18.2 Å². The van der Waals surface area contributed by atoms with Crippen molar-refractivity contribution in [1.29, 1.82) is 0 Å². The second-order valence-corrected chi connectivity index (χ2v) is 13.6. The molecule has 0 N–H and O–H groups in total. The van der Waals surface area contributed by atoms with Crippen LogP contribution in [0.15, 0.2) is 28.1 Å². The Morgan fingerprint density at radius 1 is 1.15 bits per heavy atom. The van der Waals surface area contributed by atoms with Crippen LogP contribution in [0, 0.1) is 5.82 Å². The summed E-state index contributed by atoms with van der Waals surface area (Å²) in [4.78, 5) is 31.5. The lowest BCUT2D eigenvalue weighted by Crippen LogP contribution is -2.49. The van der Waals surface area contributed by atoms with Gasteiger partial charge in [0.2, 0.25) is 0 Å². The van der Waals surface area contributed by atoms with E-state index < -0.39 is 25.0 Å². The maximum atomic E-state index is 14.0. The third-order valence-corrected chi connectivity index (χ3v) is 7.79. The lowest BCUT2D eigenvalue weighted by molar-refractivity contribution is -0.113. The zero-order valence-electron chi connectivity index (χ0n) is 19.5.